The van der Waals surface area contributed by atoms with Crippen LogP contribution >= 0.6 is 0 Å². The number of fused-ring (bicyclic) bond motifs is 2. The second-order valence-electron chi connectivity index (χ2n) is 7.71. The van der Waals surface area contributed by atoms with Gasteiger partial charge < -0.3 is 24.4 Å². The first-order valence-corrected chi connectivity index (χ1v) is 9.63. The summed E-state index contributed by atoms with van der Waals surface area (Å²) >= 11 is 0. The Hall–Kier alpha value is -3.22. The molecule has 0 bridgehead atoms. The molecule has 2 amide bonds. The molecule has 2 aliphatic heterocycles. The first-order valence-electron chi connectivity index (χ1n) is 9.63. The summed E-state index contributed by atoms with van der Waals surface area (Å²) in [6, 6.07) is 13.0. The van der Waals surface area contributed by atoms with Crippen molar-refractivity contribution in [1.29, 1.82) is 0 Å². The third-order valence-corrected chi connectivity index (χ3v) is 5.18. The molecule has 0 fully saturated rings. The molecule has 1 N–H and O–H groups in total. The zero-order valence-electron chi connectivity index (χ0n) is 16.7. The normalized spacial score (nSPS) is 17.6. The number of amides is 2. The van der Waals surface area contributed by atoms with Gasteiger partial charge in [-0.25, -0.2) is 0 Å². The third-order valence-electron chi connectivity index (χ3n) is 5.18. The quantitative estimate of drug-likeness (QED) is 0.841. The van der Waals surface area contributed by atoms with E-state index >= 15 is 0 Å². The lowest BCUT2D eigenvalue weighted by atomic mass is 9.93. The van der Waals surface area contributed by atoms with E-state index in [9.17, 15) is 9.59 Å². The number of rotatable bonds is 5. The highest BCUT2D eigenvalue weighted by atomic mass is 16.7. The highest BCUT2D eigenvalue weighted by Crippen LogP contribution is 2.36. The van der Waals surface area contributed by atoms with Crippen molar-refractivity contribution in [2.45, 2.75) is 38.8 Å². The zero-order chi connectivity index (χ0) is 20.6. The molecule has 1 atom stereocenters. The molecule has 0 aromatic heterocycles. The number of nitrogens with zero attached hydrogens (tertiary/aromatic N) is 1. The number of ether oxygens (including phenoxy) is 3. The molecule has 152 valence electrons. The number of anilines is 1. The standard InChI is InChI=1S/C22H24N2O5/c1-14-21(26)24(16-6-4-5-7-17(16)29-14)11-10-20(25)23-22(2,3)15-8-9-18-19(12-15)28-13-27-18/h4-9,12,14H,10-11,13H2,1-3H3,(H,23,25)/t14-/m1/s1. The molecule has 2 aromatic carbocycles. The number of nitrogens with one attached hydrogen (secondary N) is 1. The first-order chi connectivity index (χ1) is 13.8. The van der Waals surface area contributed by atoms with Gasteiger partial charge in [-0.2, -0.15) is 0 Å². The maximum Gasteiger partial charge on any atom is 0.267 e. The van der Waals surface area contributed by atoms with E-state index in [0.717, 1.165) is 5.56 Å². The molecule has 0 aliphatic carbocycles. The number of carbonyl (C=O) groups excluding carboxylic acids is 2. The summed E-state index contributed by atoms with van der Waals surface area (Å²) in [5, 5.41) is 3.05. The van der Waals surface area contributed by atoms with Crippen LogP contribution in [0.25, 0.3) is 0 Å². The molecule has 0 saturated heterocycles. The van der Waals surface area contributed by atoms with E-state index in [1.807, 2.05) is 56.3 Å². The highest BCUT2D eigenvalue weighted by Gasteiger charge is 2.32. The fourth-order valence-electron chi connectivity index (χ4n) is 3.57. The van der Waals surface area contributed by atoms with Crippen molar-refractivity contribution < 1.29 is 23.8 Å². The topological polar surface area (TPSA) is 77.1 Å². The SMILES string of the molecule is C[C@H]1Oc2ccccc2N(CCC(=O)NC(C)(C)c2ccc3c(c2)OCO3)C1=O. The molecule has 0 unspecified atom stereocenters. The minimum atomic E-state index is -0.599. The predicted molar refractivity (Wildman–Crippen MR) is 107 cm³/mol. The van der Waals surface area contributed by atoms with Crippen molar-refractivity contribution in [2.24, 2.45) is 0 Å². The predicted octanol–water partition coefficient (Wildman–Crippen LogP) is 2.97. The van der Waals surface area contributed by atoms with Crippen molar-refractivity contribution in [3.63, 3.8) is 0 Å². The number of benzene rings is 2. The number of carbonyl (C=O) groups is 2. The van der Waals surface area contributed by atoms with Crippen molar-refractivity contribution in [3.8, 4) is 17.2 Å². The van der Waals surface area contributed by atoms with Crippen molar-refractivity contribution in [2.75, 3.05) is 18.2 Å². The fourth-order valence-corrected chi connectivity index (χ4v) is 3.57. The maximum atomic E-state index is 12.7. The second-order valence-corrected chi connectivity index (χ2v) is 7.71. The second kappa shape index (κ2) is 7.31. The average Bonchev–Trinajstić information content (AvgIpc) is 3.16. The lowest BCUT2D eigenvalue weighted by Crippen LogP contribution is -2.47. The number of para-hydroxylation sites is 2. The largest absolute Gasteiger partial charge is 0.479 e. The lowest BCUT2D eigenvalue weighted by Gasteiger charge is -2.33. The molecule has 2 aromatic rings. The Labute approximate surface area is 169 Å². The smallest absolute Gasteiger partial charge is 0.267 e. The van der Waals surface area contributed by atoms with Crippen LogP contribution in [0, 0.1) is 0 Å². The van der Waals surface area contributed by atoms with Crippen LogP contribution in [0.1, 0.15) is 32.8 Å². The van der Waals surface area contributed by atoms with Crippen molar-refractivity contribution in [1.82, 2.24) is 5.32 Å². The monoisotopic (exact) mass is 396 g/mol. The van der Waals surface area contributed by atoms with Crippen LogP contribution in [0.15, 0.2) is 42.5 Å². The van der Waals surface area contributed by atoms with Crippen LogP contribution in [0.5, 0.6) is 17.2 Å². The van der Waals surface area contributed by atoms with Crippen LogP contribution in [0.3, 0.4) is 0 Å². The summed E-state index contributed by atoms with van der Waals surface area (Å²) < 4.78 is 16.4. The van der Waals surface area contributed by atoms with Crippen LogP contribution < -0.4 is 24.4 Å². The summed E-state index contributed by atoms with van der Waals surface area (Å²) in [7, 11) is 0. The van der Waals surface area contributed by atoms with Gasteiger partial charge in [-0.05, 0) is 50.6 Å². The van der Waals surface area contributed by atoms with Gasteiger partial charge in [0.25, 0.3) is 5.91 Å². The fraction of sp³-hybridized carbons (Fsp3) is 0.364. The minimum absolute atomic E-state index is 0.142. The Morgan fingerprint density at radius 2 is 1.90 bits per heavy atom. The molecule has 29 heavy (non-hydrogen) atoms. The van der Waals surface area contributed by atoms with Gasteiger partial charge in [0.2, 0.25) is 12.7 Å². The van der Waals surface area contributed by atoms with E-state index in [0.29, 0.717) is 22.9 Å². The van der Waals surface area contributed by atoms with Gasteiger partial charge in [0.1, 0.15) is 5.75 Å². The Morgan fingerprint density at radius 3 is 2.72 bits per heavy atom. The Balaban J connectivity index is 1.43. The highest BCUT2D eigenvalue weighted by molar-refractivity contribution is 6.00. The Bertz CT molecular complexity index is 956. The van der Waals surface area contributed by atoms with Crippen LogP contribution in [-0.2, 0) is 15.1 Å². The molecule has 0 saturated carbocycles. The molecular formula is C22H24N2O5. The van der Waals surface area contributed by atoms with Gasteiger partial charge in [-0.1, -0.05) is 18.2 Å². The van der Waals surface area contributed by atoms with Crippen molar-refractivity contribution in [3.05, 3.63) is 48.0 Å². The van der Waals surface area contributed by atoms with E-state index in [1.54, 1.807) is 11.8 Å². The zero-order valence-corrected chi connectivity index (χ0v) is 16.7. The van der Waals surface area contributed by atoms with Crippen LogP contribution in [0.4, 0.5) is 5.69 Å². The Kier molecular flexibility index (Phi) is 4.82. The van der Waals surface area contributed by atoms with Gasteiger partial charge in [0.05, 0.1) is 11.2 Å². The van der Waals surface area contributed by atoms with Gasteiger partial charge in [-0.3, -0.25) is 9.59 Å². The summed E-state index contributed by atoms with van der Waals surface area (Å²) in [6.07, 6.45) is -0.390. The molecule has 2 aliphatic rings. The van der Waals surface area contributed by atoms with E-state index in [2.05, 4.69) is 5.32 Å². The van der Waals surface area contributed by atoms with Gasteiger partial charge in [0.15, 0.2) is 17.6 Å². The first kappa shape index (κ1) is 19.1. The number of hydrogen-bond donors (Lipinski definition) is 1. The molecular weight excluding hydrogens is 372 g/mol. The van der Waals surface area contributed by atoms with E-state index in [-0.39, 0.29) is 31.6 Å². The van der Waals surface area contributed by atoms with Crippen molar-refractivity contribution >= 4 is 17.5 Å². The van der Waals surface area contributed by atoms with Gasteiger partial charge in [-0.15, -0.1) is 0 Å². The number of hydrogen-bond acceptors (Lipinski definition) is 5. The molecule has 7 nitrogen and oxygen atoms in total. The van der Waals surface area contributed by atoms with Crippen LogP contribution in [0.2, 0.25) is 0 Å². The summed E-state index contributed by atoms with van der Waals surface area (Å²) in [5.41, 5.74) is 1.01. The maximum absolute atomic E-state index is 12.7. The van der Waals surface area contributed by atoms with Gasteiger partial charge in [0, 0.05) is 13.0 Å². The van der Waals surface area contributed by atoms with E-state index in [4.69, 9.17) is 14.2 Å². The van der Waals surface area contributed by atoms with Gasteiger partial charge >= 0.3 is 0 Å². The van der Waals surface area contributed by atoms with E-state index < -0.39 is 11.6 Å². The molecule has 7 heteroatoms. The van der Waals surface area contributed by atoms with Crippen LogP contribution in [-0.4, -0.2) is 31.3 Å². The average molecular weight is 396 g/mol. The minimum Gasteiger partial charge on any atom is -0.479 e. The molecule has 0 radical (unpaired) electrons. The summed E-state index contributed by atoms with van der Waals surface area (Å²) in [4.78, 5) is 26.9. The summed E-state index contributed by atoms with van der Waals surface area (Å²) in [5.74, 6) is 1.74. The molecule has 2 heterocycles. The Morgan fingerprint density at radius 1 is 1.14 bits per heavy atom. The molecule has 0 spiro atoms. The van der Waals surface area contributed by atoms with E-state index in [1.165, 1.54) is 0 Å². The lowest BCUT2D eigenvalue weighted by molar-refractivity contribution is -0.125. The molecule has 4 rings (SSSR count). The third kappa shape index (κ3) is 3.72. The summed E-state index contributed by atoms with van der Waals surface area (Å²) in [6.45, 7) is 6.07.